The number of aromatic nitrogens is 2. The van der Waals surface area contributed by atoms with Crippen LogP contribution in [0.5, 0.6) is 0 Å². The van der Waals surface area contributed by atoms with Gasteiger partial charge >= 0.3 is 0 Å². The Hall–Kier alpha value is -0.960. The smallest absolute Gasteiger partial charge is 0.137 e. The van der Waals surface area contributed by atoms with Crippen molar-refractivity contribution in [2.75, 3.05) is 5.75 Å². The number of nitrogens with zero attached hydrogens (tertiary/aromatic N) is 2. The van der Waals surface area contributed by atoms with Crippen molar-refractivity contribution in [3.05, 3.63) is 29.7 Å². The van der Waals surface area contributed by atoms with Crippen molar-refractivity contribution in [2.24, 2.45) is 0 Å². The second-order valence-corrected chi connectivity index (χ2v) is 6.18. The highest BCUT2D eigenvalue weighted by molar-refractivity contribution is 7.99. The summed E-state index contributed by atoms with van der Waals surface area (Å²) < 4.78 is 2.32. The van der Waals surface area contributed by atoms with Gasteiger partial charge in [-0.25, -0.2) is 4.98 Å². The third-order valence-corrected chi connectivity index (χ3v) is 4.68. The second-order valence-electron chi connectivity index (χ2n) is 5.01. The van der Waals surface area contributed by atoms with Crippen LogP contribution in [-0.2, 0) is 12.8 Å². The minimum Gasteiger partial charge on any atom is -0.303 e. The van der Waals surface area contributed by atoms with Gasteiger partial charge in [0.05, 0.1) is 5.69 Å². The van der Waals surface area contributed by atoms with Gasteiger partial charge in [0.25, 0.3) is 0 Å². The van der Waals surface area contributed by atoms with Crippen molar-refractivity contribution in [3.63, 3.8) is 0 Å². The Morgan fingerprint density at radius 2 is 2.17 bits per heavy atom. The average Bonchev–Trinajstić information content (AvgIpc) is 2.77. The summed E-state index contributed by atoms with van der Waals surface area (Å²) in [7, 11) is 0. The molecule has 1 aliphatic carbocycles. The van der Waals surface area contributed by atoms with E-state index in [1.54, 1.807) is 0 Å². The van der Waals surface area contributed by atoms with Crippen molar-refractivity contribution in [1.29, 1.82) is 0 Å². The Labute approximate surface area is 113 Å². The number of unbranched alkanes of at least 4 members (excludes halogenated alkanes) is 1. The minimum absolute atomic E-state index is 1.13. The molecule has 2 aromatic rings. The van der Waals surface area contributed by atoms with E-state index in [2.05, 4.69) is 29.7 Å². The first-order chi connectivity index (χ1) is 8.88. The molecule has 0 aliphatic heterocycles. The molecule has 0 atom stereocenters. The first-order valence-corrected chi connectivity index (χ1v) is 7.99. The van der Waals surface area contributed by atoms with Gasteiger partial charge in [-0.1, -0.05) is 13.3 Å². The SMILES string of the molecule is CCCCSc1ccc2nc3c(n2c1)CCCC3. The first kappa shape index (κ1) is 12.1. The normalized spacial score (nSPS) is 14.9. The molecule has 3 heteroatoms. The monoisotopic (exact) mass is 260 g/mol. The number of aryl methyl sites for hydroxylation is 2. The van der Waals surface area contributed by atoms with Crippen LogP contribution in [0.4, 0.5) is 0 Å². The van der Waals surface area contributed by atoms with Crippen molar-refractivity contribution in [3.8, 4) is 0 Å². The quantitative estimate of drug-likeness (QED) is 0.608. The predicted octanol–water partition coefficient (Wildman–Crippen LogP) is 4.11. The molecule has 0 fully saturated rings. The van der Waals surface area contributed by atoms with Crippen LogP contribution in [0, 0.1) is 0 Å². The summed E-state index contributed by atoms with van der Waals surface area (Å²) >= 11 is 1.97. The van der Waals surface area contributed by atoms with Gasteiger partial charge in [0, 0.05) is 16.8 Å². The summed E-state index contributed by atoms with van der Waals surface area (Å²) in [5.74, 6) is 1.22. The number of rotatable bonds is 4. The number of hydrogen-bond acceptors (Lipinski definition) is 2. The Balaban J connectivity index is 1.90. The summed E-state index contributed by atoms with van der Waals surface area (Å²) in [6.07, 6.45) is 9.82. The molecular weight excluding hydrogens is 240 g/mol. The third kappa shape index (κ3) is 2.28. The van der Waals surface area contributed by atoms with E-state index >= 15 is 0 Å². The highest BCUT2D eigenvalue weighted by atomic mass is 32.2. The molecular formula is C15H20N2S. The fourth-order valence-electron chi connectivity index (χ4n) is 2.59. The van der Waals surface area contributed by atoms with E-state index in [0.29, 0.717) is 0 Å². The van der Waals surface area contributed by atoms with Crippen LogP contribution in [0.3, 0.4) is 0 Å². The van der Waals surface area contributed by atoms with Crippen LogP contribution in [0.1, 0.15) is 44.0 Å². The fourth-order valence-corrected chi connectivity index (χ4v) is 3.61. The molecule has 0 unspecified atom stereocenters. The molecule has 2 aromatic heterocycles. The molecule has 0 N–H and O–H groups in total. The largest absolute Gasteiger partial charge is 0.303 e. The number of hydrogen-bond donors (Lipinski definition) is 0. The molecule has 1 aliphatic rings. The zero-order valence-corrected chi connectivity index (χ0v) is 11.8. The molecule has 2 heterocycles. The van der Waals surface area contributed by atoms with Crippen molar-refractivity contribution in [2.45, 2.75) is 50.3 Å². The van der Waals surface area contributed by atoms with Crippen LogP contribution < -0.4 is 0 Å². The Bertz CT molecular complexity index is 545. The summed E-state index contributed by atoms with van der Waals surface area (Å²) in [6, 6.07) is 4.39. The van der Waals surface area contributed by atoms with Crippen molar-refractivity contribution in [1.82, 2.24) is 9.38 Å². The van der Waals surface area contributed by atoms with E-state index in [-0.39, 0.29) is 0 Å². The number of pyridine rings is 1. The highest BCUT2D eigenvalue weighted by Crippen LogP contribution is 2.25. The zero-order valence-electron chi connectivity index (χ0n) is 11.0. The van der Waals surface area contributed by atoms with Crippen molar-refractivity contribution >= 4 is 17.4 Å². The Kier molecular flexibility index (Phi) is 3.59. The predicted molar refractivity (Wildman–Crippen MR) is 77.5 cm³/mol. The van der Waals surface area contributed by atoms with E-state index < -0.39 is 0 Å². The molecule has 18 heavy (non-hydrogen) atoms. The maximum Gasteiger partial charge on any atom is 0.137 e. The summed E-state index contributed by atoms with van der Waals surface area (Å²) in [5, 5.41) is 0. The van der Waals surface area contributed by atoms with E-state index in [4.69, 9.17) is 4.98 Å². The molecule has 0 spiro atoms. The van der Waals surface area contributed by atoms with Gasteiger partial charge in [-0.3, -0.25) is 0 Å². The summed E-state index contributed by atoms with van der Waals surface area (Å²) in [5.41, 5.74) is 3.91. The highest BCUT2D eigenvalue weighted by Gasteiger charge is 2.15. The number of imidazole rings is 1. The second kappa shape index (κ2) is 5.35. The lowest BCUT2D eigenvalue weighted by atomic mass is 10.0. The molecule has 0 aromatic carbocycles. The Morgan fingerprint density at radius 1 is 1.28 bits per heavy atom. The molecule has 0 radical (unpaired) electrons. The van der Waals surface area contributed by atoms with Crippen LogP contribution in [-0.4, -0.2) is 15.1 Å². The topological polar surface area (TPSA) is 17.3 Å². The van der Waals surface area contributed by atoms with E-state index in [0.717, 1.165) is 12.1 Å². The molecule has 0 saturated carbocycles. The van der Waals surface area contributed by atoms with Crippen molar-refractivity contribution < 1.29 is 0 Å². The average molecular weight is 260 g/mol. The van der Waals surface area contributed by atoms with E-state index in [1.165, 1.54) is 54.1 Å². The van der Waals surface area contributed by atoms with Crippen LogP contribution in [0.2, 0.25) is 0 Å². The van der Waals surface area contributed by atoms with E-state index in [1.807, 2.05) is 11.8 Å². The van der Waals surface area contributed by atoms with Gasteiger partial charge in [-0.2, -0.15) is 0 Å². The molecule has 0 amide bonds. The van der Waals surface area contributed by atoms with Gasteiger partial charge < -0.3 is 4.40 Å². The standard InChI is InChI=1S/C15H20N2S/c1-2-3-10-18-12-8-9-15-16-13-6-4-5-7-14(13)17(15)11-12/h8-9,11H,2-7,10H2,1H3. The first-order valence-electron chi connectivity index (χ1n) is 7.01. The van der Waals surface area contributed by atoms with Crippen LogP contribution in [0.15, 0.2) is 23.2 Å². The van der Waals surface area contributed by atoms with Crippen LogP contribution in [0.25, 0.3) is 5.65 Å². The van der Waals surface area contributed by atoms with Gasteiger partial charge in [-0.15, -0.1) is 11.8 Å². The molecule has 2 nitrogen and oxygen atoms in total. The molecule has 3 rings (SSSR count). The van der Waals surface area contributed by atoms with Gasteiger partial charge in [-0.05, 0) is 50.0 Å². The number of thioether (sulfide) groups is 1. The summed E-state index contributed by atoms with van der Waals surface area (Å²) in [4.78, 5) is 6.12. The van der Waals surface area contributed by atoms with Gasteiger partial charge in [0.1, 0.15) is 5.65 Å². The van der Waals surface area contributed by atoms with E-state index in [9.17, 15) is 0 Å². The number of fused-ring (bicyclic) bond motifs is 3. The zero-order chi connectivity index (χ0) is 12.4. The minimum atomic E-state index is 1.13. The Morgan fingerprint density at radius 3 is 3.06 bits per heavy atom. The lowest BCUT2D eigenvalue weighted by molar-refractivity contribution is 0.659. The lowest BCUT2D eigenvalue weighted by Crippen LogP contribution is -2.03. The van der Waals surface area contributed by atoms with Gasteiger partial charge in [0.2, 0.25) is 0 Å². The molecule has 0 bridgehead atoms. The fraction of sp³-hybridized carbons (Fsp3) is 0.533. The summed E-state index contributed by atoms with van der Waals surface area (Å²) in [6.45, 7) is 2.25. The maximum absolute atomic E-state index is 4.74. The lowest BCUT2D eigenvalue weighted by Gasteiger charge is -2.10. The van der Waals surface area contributed by atoms with Crippen LogP contribution >= 0.6 is 11.8 Å². The van der Waals surface area contributed by atoms with Gasteiger partial charge in [0.15, 0.2) is 0 Å². The molecule has 96 valence electrons. The maximum atomic E-state index is 4.74. The molecule has 0 saturated heterocycles. The third-order valence-electron chi connectivity index (χ3n) is 3.62.